The normalized spacial score (nSPS) is 12.5. The maximum Gasteiger partial charge on any atom is 0.303 e. The van der Waals surface area contributed by atoms with E-state index < -0.39 is 5.97 Å². The minimum Gasteiger partial charge on any atom is -0.481 e. The highest BCUT2D eigenvalue weighted by Gasteiger charge is 2.04. The first-order valence-corrected chi connectivity index (χ1v) is 10.5. The summed E-state index contributed by atoms with van der Waals surface area (Å²) in [6, 6.07) is 0. The van der Waals surface area contributed by atoms with E-state index in [9.17, 15) is 9.59 Å². The van der Waals surface area contributed by atoms with Crippen molar-refractivity contribution >= 4 is 12.3 Å². The van der Waals surface area contributed by atoms with Crippen LogP contribution in [-0.4, -0.2) is 17.4 Å². The molecule has 0 aliphatic carbocycles. The van der Waals surface area contributed by atoms with Gasteiger partial charge in [-0.15, -0.1) is 0 Å². The molecule has 0 aliphatic rings. The fourth-order valence-electron chi connectivity index (χ4n) is 3.06. The van der Waals surface area contributed by atoms with E-state index >= 15 is 0 Å². The van der Waals surface area contributed by atoms with Crippen molar-refractivity contribution in [2.45, 2.75) is 110 Å². The van der Waals surface area contributed by atoms with Crippen molar-refractivity contribution in [1.29, 1.82) is 0 Å². The molecule has 3 heteroatoms. The molecule has 0 aromatic rings. The fourth-order valence-corrected chi connectivity index (χ4v) is 3.06. The van der Waals surface area contributed by atoms with Gasteiger partial charge in [-0.3, -0.25) is 4.79 Å². The summed E-state index contributed by atoms with van der Waals surface area (Å²) in [4.78, 5) is 21.5. The first-order valence-electron chi connectivity index (χ1n) is 10.5. The Bertz CT molecular complexity index is 336. The summed E-state index contributed by atoms with van der Waals surface area (Å²) in [5.74, 6) is -0.493. The van der Waals surface area contributed by atoms with E-state index in [0.717, 1.165) is 51.2 Å². The van der Waals surface area contributed by atoms with Gasteiger partial charge in [-0.05, 0) is 32.1 Å². The number of aliphatic carboxylic acids is 1. The monoisotopic (exact) mass is 352 g/mol. The van der Waals surface area contributed by atoms with E-state index in [-0.39, 0.29) is 5.92 Å². The molecule has 3 nitrogen and oxygen atoms in total. The van der Waals surface area contributed by atoms with Crippen LogP contribution in [0.3, 0.4) is 0 Å². The Hall–Kier alpha value is -1.12. The lowest BCUT2D eigenvalue weighted by Crippen LogP contribution is -2.00. The molecule has 0 heterocycles. The number of rotatable bonds is 19. The highest BCUT2D eigenvalue weighted by molar-refractivity contribution is 5.66. The summed E-state index contributed by atoms with van der Waals surface area (Å²) in [6.45, 7) is 2.24. The molecule has 0 rings (SSSR count). The average Bonchev–Trinajstić information content (AvgIpc) is 2.60. The van der Waals surface area contributed by atoms with Crippen LogP contribution in [0, 0.1) is 5.92 Å². The van der Waals surface area contributed by atoms with E-state index in [0.29, 0.717) is 6.42 Å². The number of aldehydes is 1. The van der Waals surface area contributed by atoms with Crippen LogP contribution in [0.15, 0.2) is 12.2 Å². The quantitative estimate of drug-likeness (QED) is 0.160. The minimum atomic E-state index is -0.691. The maximum atomic E-state index is 11.1. The first kappa shape index (κ1) is 23.9. The predicted octanol–water partition coefficient (Wildman–Crippen LogP) is 6.70. The molecular formula is C22H40O3. The van der Waals surface area contributed by atoms with E-state index in [4.69, 9.17) is 5.11 Å². The molecule has 0 saturated carbocycles. The summed E-state index contributed by atoms with van der Waals surface area (Å²) >= 11 is 0. The second-order valence-corrected chi connectivity index (χ2v) is 7.21. The van der Waals surface area contributed by atoms with Gasteiger partial charge in [0.05, 0.1) is 0 Å². The van der Waals surface area contributed by atoms with Crippen molar-refractivity contribution < 1.29 is 14.7 Å². The molecule has 1 N–H and O–H groups in total. The van der Waals surface area contributed by atoms with Crippen molar-refractivity contribution in [3.8, 4) is 0 Å². The largest absolute Gasteiger partial charge is 0.481 e. The van der Waals surface area contributed by atoms with Crippen LogP contribution in [0.25, 0.3) is 0 Å². The summed E-state index contributed by atoms with van der Waals surface area (Å²) in [7, 11) is 0. The molecule has 0 aromatic carbocycles. The van der Waals surface area contributed by atoms with Gasteiger partial charge >= 0.3 is 5.97 Å². The Morgan fingerprint density at radius 2 is 1.44 bits per heavy atom. The lowest BCUT2D eigenvalue weighted by Gasteiger charge is -2.07. The maximum absolute atomic E-state index is 11.1. The molecule has 0 aromatic heterocycles. The molecule has 0 saturated heterocycles. The van der Waals surface area contributed by atoms with Crippen LogP contribution >= 0.6 is 0 Å². The molecule has 1 atom stereocenters. The average molecular weight is 353 g/mol. The van der Waals surface area contributed by atoms with Gasteiger partial charge in [0.1, 0.15) is 6.29 Å². The third kappa shape index (κ3) is 19.1. The molecule has 0 aliphatic heterocycles. The van der Waals surface area contributed by atoms with Gasteiger partial charge in [-0.25, -0.2) is 0 Å². The Morgan fingerprint density at radius 1 is 0.840 bits per heavy atom. The van der Waals surface area contributed by atoms with Crippen LogP contribution in [0.2, 0.25) is 0 Å². The van der Waals surface area contributed by atoms with Crippen LogP contribution < -0.4 is 0 Å². The SMILES string of the molecule is CCCCCCCCCC(C=O)C/C=C/CCCCCCCC(=O)O. The second kappa shape index (κ2) is 19.2. The highest BCUT2D eigenvalue weighted by atomic mass is 16.4. The number of hydrogen-bond donors (Lipinski definition) is 1. The van der Waals surface area contributed by atoms with Crippen LogP contribution in [0.4, 0.5) is 0 Å². The summed E-state index contributed by atoms with van der Waals surface area (Å²) in [5.41, 5.74) is 0. The molecule has 0 fully saturated rings. The summed E-state index contributed by atoms with van der Waals surface area (Å²) in [5, 5.41) is 8.56. The predicted molar refractivity (Wildman–Crippen MR) is 106 cm³/mol. The fraction of sp³-hybridized carbons (Fsp3) is 0.818. The van der Waals surface area contributed by atoms with Gasteiger partial charge in [0.2, 0.25) is 0 Å². The zero-order chi connectivity index (χ0) is 18.6. The van der Waals surface area contributed by atoms with Crippen LogP contribution in [-0.2, 0) is 9.59 Å². The van der Waals surface area contributed by atoms with Crippen molar-refractivity contribution in [2.75, 3.05) is 0 Å². The third-order valence-corrected chi connectivity index (χ3v) is 4.74. The third-order valence-electron chi connectivity index (χ3n) is 4.74. The first-order chi connectivity index (χ1) is 12.2. The number of carbonyl (C=O) groups is 2. The molecule has 0 amide bonds. The molecule has 25 heavy (non-hydrogen) atoms. The molecule has 0 radical (unpaired) electrons. The van der Waals surface area contributed by atoms with Gasteiger partial charge in [0.15, 0.2) is 0 Å². The number of carboxylic acid groups (broad SMARTS) is 1. The zero-order valence-corrected chi connectivity index (χ0v) is 16.4. The molecule has 146 valence electrons. The summed E-state index contributed by atoms with van der Waals surface area (Å²) in [6.07, 6.45) is 23.2. The van der Waals surface area contributed by atoms with Crippen molar-refractivity contribution in [3.05, 3.63) is 12.2 Å². The number of allylic oxidation sites excluding steroid dienone is 2. The molecular weight excluding hydrogens is 312 g/mol. The standard InChI is InChI=1S/C22H40O3/c1-2-3-4-5-8-11-14-17-21(20-23)18-15-12-9-6-7-10-13-16-19-22(24)25/h12,15,20-21H,2-11,13-14,16-19H2,1H3,(H,24,25)/b15-12+. The lowest BCUT2D eigenvalue weighted by atomic mass is 9.98. The van der Waals surface area contributed by atoms with Crippen molar-refractivity contribution in [2.24, 2.45) is 5.92 Å². The van der Waals surface area contributed by atoms with Crippen molar-refractivity contribution in [3.63, 3.8) is 0 Å². The molecule has 0 bridgehead atoms. The Morgan fingerprint density at radius 3 is 2.08 bits per heavy atom. The molecule has 1 unspecified atom stereocenters. The van der Waals surface area contributed by atoms with E-state index in [1.807, 2.05) is 0 Å². The van der Waals surface area contributed by atoms with Crippen molar-refractivity contribution in [1.82, 2.24) is 0 Å². The van der Waals surface area contributed by atoms with Gasteiger partial charge in [-0.2, -0.15) is 0 Å². The summed E-state index contributed by atoms with van der Waals surface area (Å²) < 4.78 is 0. The topological polar surface area (TPSA) is 54.4 Å². The number of carbonyl (C=O) groups excluding carboxylic acids is 1. The van der Waals surface area contributed by atoms with E-state index in [1.165, 1.54) is 51.4 Å². The van der Waals surface area contributed by atoms with E-state index in [2.05, 4.69) is 19.1 Å². The van der Waals surface area contributed by atoms with Gasteiger partial charge < -0.3 is 9.90 Å². The second-order valence-electron chi connectivity index (χ2n) is 7.21. The van der Waals surface area contributed by atoms with Gasteiger partial charge in [-0.1, -0.05) is 83.3 Å². The number of unbranched alkanes of at least 4 members (excludes halogenated alkanes) is 11. The minimum absolute atomic E-state index is 0.197. The Labute approximate surface area is 155 Å². The highest BCUT2D eigenvalue weighted by Crippen LogP contribution is 2.15. The van der Waals surface area contributed by atoms with Gasteiger partial charge in [0.25, 0.3) is 0 Å². The number of hydrogen-bond acceptors (Lipinski definition) is 2. The Balaban J connectivity index is 3.44. The number of carboxylic acids is 1. The van der Waals surface area contributed by atoms with E-state index in [1.54, 1.807) is 0 Å². The molecule has 0 spiro atoms. The van der Waals surface area contributed by atoms with Crippen LogP contribution in [0.1, 0.15) is 110 Å². The van der Waals surface area contributed by atoms with Gasteiger partial charge in [0, 0.05) is 12.3 Å². The Kier molecular flexibility index (Phi) is 18.3. The van der Waals surface area contributed by atoms with Crippen LogP contribution in [0.5, 0.6) is 0 Å². The smallest absolute Gasteiger partial charge is 0.303 e. The lowest BCUT2D eigenvalue weighted by molar-refractivity contribution is -0.137. The zero-order valence-electron chi connectivity index (χ0n) is 16.4.